The minimum Gasteiger partial charge on any atom is -0.618 e. The molecule has 26 heavy (non-hydrogen) atoms. The van der Waals surface area contributed by atoms with E-state index < -0.39 is 0 Å². The van der Waals surface area contributed by atoms with Gasteiger partial charge in [0.15, 0.2) is 6.20 Å². The van der Waals surface area contributed by atoms with E-state index in [1.807, 2.05) is 31.2 Å². The molecule has 0 saturated carbocycles. The Hall–Kier alpha value is -2.99. The largest absolute Gasteiger partial charge is 0.618 e. The van der Waals surface area contributed by atoms with Crippen LogP contribution in [0.4, 0.5) is 5.69 Å². The fourth-order valence-electron chi connectivity index (χ4n) is 2.21. The number of rotatable bonds is 6. The van der Waals surface area contributed by atoms with Crippen molar-refractivity contribution in [2.24, 2.45) is 0 Å². The lowest BCUT2D eigenvalue weighted by atomic mass is 10.2. The maximum Gasteiger partial charge on any atom is 0.251 e. The molecule has 0 radical (unpaired) electrons. The molecule has 0 saturated heterocycles. The van der Waals surface area contributed by atoms with Crippen molar-refractivity contribution in [3.8, 4) is 11.5 Å². The Balaban J connectivity index is 1.52. The van der Waals surface area contributed by atoms with Gasteiger partial charge in [-0.1, -0.05) is 17.7 Å². The van der Waals surface area contributed by atoms with Gasteiger partial charge in [0, 0.05) is 17.8 Å². The number of carbonyl (C=O) groups is 1. The molecule has 132 valence electrons. The number of aromatic nitrogens is 1. The van der Waals surface area contributed by atoms with Gasteiger partial charge in [0.2, 0.25) is 5.91 Å². The zero-order chi connectivity index (χ0) is 18.4. The van der Waals surface area contributed by atoms with E-state index in [1.54, 1.807) is 42.5 Å². The summed E-state index contributed by atoms with van der Waals surface area (Å²) in [6.07, 6.45) is 1.41. The number of thioether (sulfide) groups is 1. The van der Waals surface area contributed by atoms with Gasteiger partial charge in [0.1, 0.15) is 11.5 Å². The normalized spacial score (nSPS) is 10.3. The minimum atomic E-state index is -0.175. The van der Waals surface area contributed by atoms with Gasteiger partial charge in [-0.2, -0.15) is 4.73 Å². The van der Waals surface area contributed by atoms with Crippen molar-refractivity contribution >= 4 is 23.4 Å². The van der Waals surface area contributed by atoms with Crippen LogP contribution in [0.15, 0.2) is 78.0 Å². The first-order valence-corrected chi connectivity index (χ1v) is 9.04. The second kappa shape index (κ2) is 8.40. The molecule has 0 atom stereocenters. The fraction of sp³-hybridized carbons (Fsp3) is 0.100. The highest BCUT2D eigenvalue weighted by Gasteiger charge is 2.09. The van der Waals surface area contributed by atoms with Gasteiger partial charge in [0.05, 0.1) is 5.75 Å². The first kappa shape index (κ1) is 17.8. The lowest BCUT2D eigenvalue weighted by molar-refractivity contribution is -0.645. The monoisotopic (exact) mass is 366 g/mol. The molecule has 0 spiro atoms. The summed E-state index contributed by atoms with van der Waals surface area (Å²) in [5, 5.41) is 14.8. The van der Waals surface area contributed by atoms with Crippen molar-refractivity contribution in [1.29, 1.82) is 0 Å². The number of anilines is 1. The zero-order valence-electron chi connectivity index (χ0n) is 14.2. The summed E-state index contributed by atoms with van der Waals surface area (Å²) in [5.74, 6) is 1.44. The molecule has 0 aliphatic heterocycles. The van der Waals surface area contributed by atoms with Crippen molar-refractivity contribution in [2.75, 3.05) is 11.1 Å². The molecule has 3 rings (SSSR count). The van der Waals surface area contributed by atoms with Crippen LogP contribution < -0.4 is 14.8 Å². The molecule has 0 aliphatic rings. The van der Waals surface area contributed by atoms with Gasteiger partial charge in [-0.25, -0.2) is 0 Å². The number of hydrogen-bond donors (Lipinski definition) is 1. The van der Waals surface area contributed by atoms with Crippen LogP contribution in [0.2, 0.25) is 0 Å². The quantitative estimate of drug-likeness (QED) is 0.404. The molecule has 0 bridgehead atoms. The number of nitrogens with zero attached hydrogens (tertiary/aromatic N) is 1. The summed E-state index contributed by atoms with van der Waals surface area (Å²) < 4.78 is 6.50. The minimum absolute atomic E-state index is 0.161. The number of benzene rings is 2. The highest BCUT2D eigenvalue weighted by atomic mass is 32.2. The van der Waals surface area contributed by atoms with E-state index in [0.717, 1.165) is 10.5 Å². The van der Waals surface area contributed by atoms with Crippen LogP contribution in [0, 0.1) is 12.1 Å². The number of pyridine rings is 1. The molecule has 0 fully saturated rings. The Labute approximate surface area is 156 Å². The van der Waals surface area contributed by atoms with Gasteiger partial charge < -0.3 is 15.3 Å². The first-order chi connectivity index (χ1) is 12.6. The van der Waals surface area contributed by atoms with Crippen LogP contribution in [0.3, 0.4) is 0 Å². The molecule has 0 aliphatic carbocycles. The average Bonchev–Trinajstić information content (AvgIpc) is 2.64. The van der Waals surface area contributed by atoms with Crippen LogP contribution in [0.5, 0.6) is 11.5 Å². The highest BCUT2D eigenvalue weighted by molar-refractivity contribution is 7.99. The van der Waals surface area contributed by atoms with Crippen molar-refractivity contribution < 1.29 is 14.3 Å². The Morgan fingerprint density at radius 3 is 2.35 bits per heavy atom. The third-order valence-electron chi connectivity index (χ3n) is 3.53. The molecule has 1 N–H and O–H groups in total. The van der Waals surface area contributed by atoms with Crippen molar-refractivity contribution in [2.45, 2.75) is 11.9 Å². The standard InChI is InChI=1S/C20H18N2O3S/c1-15-5-9-17(10-6-15)25-18-11-7-16(8-12-18)21-19(23)14-26-20-4-2-3-13-22(20)24/h2-13H,14H2,1H3,(H,21,23). The molecule has 3 aromatic rings. The topological polar surface area (TPSA) is 65.3 Å². The summed E-state index contributed by atoms with van der Waals surface area (Å²) in [7, 11) is 0. The summed E-state index contributed by atoms with van der Waals surface area (Å²) in [5.41, 5.74) is 1.85. The summed E-state index contributed by atoms with van der Waals surface area (Å²) >= 11 is 1.19. The highest BCUT2D eigenvalue weighted by Crippen LogP contribution is 2.23. The lowest BCUT2D eigenvalue weighted by Crippen LogP contribution is -2.28. The molecule has 1 amide bonds. The van der Waals surface area contributed by atoms with Gasteiger partial charge >= 0.3 is 0 Å². The van der Waals surface area contributed by atoms with Crippen molar-refractivity contribution in [3.05, 3.63) is 83.7 Å². The molecule has 6 heteroatoms. The molecular formula is C20H18N2O3S. The summed E-state index contributed by atoms with van der Waals surface area (Å²) in [6.45, 7) is 2.02. The van der Waals surface area contributed by atoms with Gasteiger partial charge in [0.25, 0.3) is 5.03 Å². The van der Waals surface area contributed by atoms with Crippen LogP contribution in [0.1, 0.15) is 5.56 Å². The fourth-order valence-corrected chi connectivity index (χ4v) is 2.92. The van der Waals surface area contributed by atoms with E-state index in [0.29, 0.717) is 16.5 Å². The second-order valence-electron chi connectivity index (χ2n) is 5.64. The molecule has 1 heterocycles. The van der Waals surface area contributed by atoms with E-state index in [-0.39, 0.29) is 11.7 Å². The number of aryl methyl sites for hydroxylation is 1. The number of amides is 1. The predicted molar refractivity (Wildman–Crippen MR) is 102 cm³/mol. The van der Waals surface area contributed by atoms with Gasteiger partial charge in [-0.05, 0) is 61.2 Å². The Morgan fingerprint density at radius 2 is 1.69 bits per heavy atom. The number of nitrogens with one attached hydrogen (secondary N) is 1. The Kier molecular flexibility index (Phi) is 5.76. The van der Waals surface area contributed by atoms with Crippen LogP contribution in [-0.4, -0.2) is 11.7 Å². The average molecular weight is 366 g/mol. The zero-order valence-corrected chi connectivity index (χ0v) is 15.0. The lowest BCUT2D eigenvalue weighted by Gasteiger charge is -2.08. The Bertz CT molecular complexity index is 880. The molecule has 5 nitrogen and oxygen atoms in total. The van der Waals surface area contributed by atoms with Gasteiger partial charge in [-0.15, -0.1) is 0 Å². The van der Waals surface area contributed by atoms with E-state index in [9.17, 15) is 10.0 Å². The van der Waals surface area contributed by atoms with Crippen LogP contribution in [0.25, 0.3) is 0 Å². The Morgan fingerprint density at radius 1 is 1.04 bits per heavy atom. The second-order valence-corrected chi connectivity index (χ2v) is 6.64. The van der Waals surface area contributed by atoms with E-state index in [4.69, 9.17) is 4.74 Å². The van der Waals surface area contributed by atoms with E-state index >= 15 is 0 Å². The third-order valence-corrected chi connectivity index (χ3v) is 4.55. The predicted octanol–water partition coefficient (Wildman–Crippen LogP) is 4.15. The van der Waals surface area contributed by atoms with Crippen molar-refractivity contribution in [3.63, 3.8) is 0 Å². The summed E-state index contributed by atoms with van der Waals surface area (Å²) in [6, 6.07) is 20.0. The SMILES string of the molecule is Cc1ccc(Oc2ccc(NC(=O)CSc3cccc[n+]3[O-])cc2)cc1. The molecular weight excluding hydrogens is 348 g/mol. The molecule has 2 aromatic carbocycles. The first-order valence-electron chi connectivity index (χ1n) is 8.05. The van der Waals surface area contributed by atoms with Gasteiger partial charge in [-0.3, -0.25) is 4.79 Å². The molecule has 1 aromatic heterocycles. The van der Waals surface area contributed by atoms with E-state index in [2.05, 4.69) is 5.32 Å². The van der Waals surface area contributed by atoms with E-state index in [1.165, 1.54) is 23.5 Å². The summed E-state index contributed by atoms with van der Waals surface area (Å²) in [4.78, 5) is 12.0. The van der Waals surface area contributed by atoms with Crippen LogP contribution >= 0.6 is 11.8 Å². The maximum atomic E-state index is 12.0. The number of hydrogen-bond acceptors (Lipinski definition) is 4. The maximum absolute atomic E-state index is 12.0. The number of carbonyl (C=O) groups excluding carboxylic acids is 1. The van der Waals surface area contributed by atoms with Crippen LogP contribution in [-0.2, 0) is 4.79 Å². The molecule has 0 unspecified atom stereocenters. The van der Waals surface area contributed by atoms with Crippen molar-refractivity contribution in [1.82, 2.24) is 0 Å². The third kappa shape index (κ3) is 5.00. The number of ether oxygens (including phenoxy) is 1. The smallest absolute Gasteiger partial charge is 0.251 e.